The minimum Gasteiger partial charge on any atom is -0.385 e. The van der Waals surface area contributed by atoms with Gasteiger partial charge in [-0.2, -0.15) is 0 Å². The number of rotatable bonds is 10. The molecule has 0 atom stereocenters. The predicted octanol–water partition coefficient (Wildman–Crippen LogP) is 2.80. The zero-order chi connectivity index (χ0) is 13.1. The molecule has 0 aliphatic carbocycles. The first kappa shape index (κ1) is 16.9. The Bertz CT molecular complexity index is 166. The van der Waals surface area contributed by atoms with E-state index in [-0.39, 0.29) is 0 Å². The van der Waals surface area contributed by atoms with Gasteiger partial charge in [0.25, 0.3) is 0 Å². The van der Waals surface area contributed by atoms with E-state index in [1.165, 1.54) is 6.42 Å². The van der Waals surface area contributed by atoms with Gasteiger partial charge in [0, 0.05) is 33.4 Å². The molecule has 0 spiro atoms. The van der Waals surface area contributed by atoms with Gasteiger partial charge in [-0.05, 0) is 31.7 Å². The van der Waals surface area contributed by atoms with E-state index in [1.807, 2.05) is 6.92 Å². The van der Waals surface area contributed by atoms with Crippen LogP contribution < -0.4 is 0 Å². The Kier molecular flexibility index (Phi) is 9.79. The standard InChI is InChI=1S/C14H31NO2/c1-6-17-12-10-15(13-14(2,3)4)9-7-8-11-16-5/h6-13H2,1-5H3. The maximum absolute atomic E-state index is 5.44. The van der Waals surface area contributed by atoms with Crippen LogP contribution in [-0.4, -0.2) is 51.5 Å². The molecule has 0 aliphatic rings. The Morgan fingerprint density at radius 3 is 2.24 bits per heavy atom. The van der Waals surface area contributed by atoms with Crippen LogP contribution in [0.4, 0.5) is 0 Å². The van der Waals surface area contributed by atoms with Crippen LogP contribution >= 0.6 is 0 Å². The summed E-state index contributed by atoms with van der Waals surface area (Å²) in [5.41, 5.74) is 0.355. The topological polar surface area (TPSA) is 21.7 Å². The van der Waals surface area contributed by atoms with Crippen molar-refractivity contribution in [2.24, 2.45) is 5.41 Å². The summed E-state index contributed by atoms with van der Waals surface area (Å²) < 4.78 is 10.5. The average molecular weight is 245 g/mol. The lowest BCUT2D eigenvalue weighted by Crippen LogP contribution is -2.36. The molecular formula is C14H31NO2. The van der Waals surface area contributed by atoms with Gasteiger partial charge in [-0.3, -0.25) is 0 Å². The van der Waals surface area contributed by atoms with Crippen molar-refractivity contribution < 1.29 is 9.47 Å². The third-order valence-electron chi connectivity index (χ3n) is 2.53. The molecule has 0 saturated heterocycles. The maximum Gasteiger partial charge on any atom is 0.0593 e. The molecule has 0 unspecified atom stereocenters. The number of unbranched alkanes of at least 4 members (excludes halogenated alkanes) is 1. The highest BCUT2D eigenvalue weighted by atomic mass is 16.5. The largest absolute Gasteiger partial charge is 0.385 e. The molecule has 3 nitrogen and oxygen atoms in total. The van der Waals surface area contributed by atoms with Crippen molar-refractivity contribution in [3.63, 3.8) is 0 Å². The number of hydrogen-bond acceptors (Lipinski definition) is 3. The number of ether oxygens (including phenoxy) is 2. The van der Waals surface area contributed by atoms with E-state index < -0.39 is 0 Å². The summed E-state index contributed by atoms with van der Waals surface area (Å²) in [7, 11) is 1.77. The van der Waals surface area contributed by atoms with Crippen LogP contribution in [0.15, 0.2) is 0 Å². The summed E-state index contributed by atoms with van der Waals surface area (Å²) in [6.07, 6.45) is 2.35. The molecule has 0 aliphatic heterocycles. The summed E-state index contributed by atoms with van der Waals surface area (Å²) in [6.45, 7) is 14.8. The van der Waals surface area contributed by atoms with Gasteiger partial charge in [0.05, 0.1) is 6.61 Å². The van der Waals surface area contributed by atoms with Gasteiger partial charge >= 0.3 is 0 Å². The van der Waals surface area contributed by atoms with Gasteiger partial charge in [0.2, 0.25) is 0 Å². The second kappa shape index (κ2) is 9.86. The van der Waals surface area contributed by atoms with E-state index in [0.29, 0.717) is 5.41 Å². The Morgan fingerprint density at radius 1 is 1.00 bits per heavy atom. The Labute approximate surface area is 107 Å². The summed E-state index contributed by atoms with van der Waals surface area (Å²) in [5.74, 6) is 0. The van der Waals surface area contributed by atoms with Gasteiger partial charge in [0.15, 0.2) is 0 Å². The second-order valence-electron chi connectivity index (χ2n) is 5.73. The van der Waals surface area contributed by atoms with Gasteiger partial charge in [0.1, 0.15) is 0 Å². The molecule has 0 aromatic rings. The number of methoxy groups -OCH3 is 1. The number of nitrogens with zero attached hydrogens (tertiary/aromatic N) is 1. The van der Waals surface area contributed by atoms with Crippen molar-refractivity contribution in [2.45, 2.75) is 40.5 Å². The first-order chi connectivity index (χ1) is 7.99. The van der Waals surface area contributed by atoms with Crippen LogP contribution in [0.2, 0.25) is 0 Å². The minimum atomic E-state index is 0.355. The van der Waals surface area contributed by atoms with Crippen molar-refractivity contribution in [3.8, 4) is 0 Å². The van der Waals surface area contributed by atoms with Crippen LogP contribution in [0, 0.1) is 5.41 Å². The molecule has 0 N–H and O–H groups in total. The van der Waals surface area contributed by atoms with E-state index in [0.717, 1.165) is 45.9 Å². The minimum absolute atomic E-state index is 0.355. The molecule has 0 rings (SSSR count). The van der Waals surface area contributed by atoms with E-state index in [4.69, 9.17) is 9.47 Å². The molecule has 0 bridgehead atoms. The molecular weight excluding hydrogens is 214 g/mol. The Hall–Kier alpha value is -0.120. The van der Waals surface area contributed by atoms with Crippen LogP contribution in [0.5, 0.6) is 0 Å². The van der Waals surface area contributed by atoms with Crippen LogP contribution in [0.3, 0.4) is 0 Å². The normalized spacial score (nSPS) is 12.4. The van der Waals surface area contributed by atoms with Crippen molar-refractivity contribution in [1.29, 1.82) is 0 Å². The summed E-state index contributed by atoms with van der Waals surface area (Å²) in [4.78, 5) is 2.51. The molecule has 17 heavy (non-hydrogen) atoms. The van der Waals surface area contributed by atoms with E-state index >= 15 is 0 Å². The van der Waals surface area contributed by atoms with Crippen molar-refractivity contribution in [3.05, 3.63) is 0 Å². The molecule has 0 aromatic carbocycles. The molecule has 0 amide bonds. The number of hydrogen-bond donors (Lipinski definition) is 0. The Balaban J connectivity index is 3.84. The van der Waals surface area contributed by atoms with Crippen LogP contribution in [0.1, 0.15) is 40.5 Å². The third kappa shape index (κ3) is 12.1. The zero-order valence-electron chi connectivity index (χ0n) is 12.4. The SMILES string of the molecule is CCOCCN(CCCCOC)CC(C)(C)C. The highest BCUT2D eigenvalue weighted by Crippen LogP contribution is 2.15. The quantitative estimate of drug-likeness (QED) is 0.552. The van der Waals surface area contributed by atoms with Gasteiger partial charge < -0.3 is 14.4 Å². The third-order valence-corrected chi connectivity index (χ3v) is 2.53. The maximum atomic E-state index is 5.44. The monoisotopic (exact) mass is 245 g/mol. The fourth-order valence-electron chi connectivity index (χ4n) is 1.86. The molecule has 0 fully saturated rings. The smallest absolute Gasteiger partial charge is 0.0593 e. The molecule has 0 aromatic heterocycles. The van der Waals surface area contributed by atoms with Gasteiger partial charge in [-0.25, -0.2) is 0 Å². The first-order valence-electron chi connectivity index (χ1n) is 6.78. The summed E-state index contributed by atoms with van der Waals surface area (Å²) >= 11 is 0. The van der Waals surface area contributed by atoms with E-state index in [9.17, 15) is 0 Å². The van der Waals surface area contributed by atoms with Gasteiger partial charge in [-0.15, -0.1) is 0 Å². The molecule has 104 valence electrons. The second-order valence-corrected chi connectivity index (χ2v) is 5.73. The van der Waals surface area contributed by atoms with E-state index in [2.05, 4.69) is 25.7 Å². The summed E-state index contributed by atoms with van der Waals surface area (Å²) in [5, 5.41) is 0. The zero-order valence-corrected chi connectivity index (χ0v) is 12.4. The van der Waals surface area contributed by atoms with E-state index in [1.54, 1.807) is 7.11 Å². The van der Waals surface area contributed by atoms with Gasteiger partial charge in [-0.1, -0.05) is 20.8 Å². The fourth-order valence-corrected chi connectivity index (χ4v) is 1.86. The lowest BCUT2D eigenvalue weighted by atomic mass is 9.96. The summed E-state index contributed by atoms with van der Waals surface area (Å²) in [6, 6.07) is 0. The highest BCUT2D eigenvalue weighted by Gasteiger charge is 2.15. The lowest BCUT2D eigenvalue weighted by Gasteiger charge is -2.29. The lowest BCUT2D eigenvalue weighted by molar-refractivity contribution is 0.0949. The fraction of sp³-hybridized carbons (Fsp3) is 1.00. The molecule has 0 heterocycles. The first-order valence-corrected chi connectivity index (χ1v) is 6.78. The van der Waals surface area contributed by atoms with Crippen molar-refractivity contribution >= 4 is 0 Å². The van der Waals surface area contributed by atoms with Crippen LogP contribution in [-0.2, 0) is 9.47 Å². The predicted molar refractivity (Wildman–Crippen MR) is 73.5 cm³/mol. The molecule has 0 radical (unpaired) electrons. The van der Waals surface area contributed by atoms with Crippen molar-refractivity contribution in [1.82, 2.24) is 4.90 Å². The van der Waals surface area contributed by atoms with Crippen LogP contribution in [0.25, 0.3) is 0 Å². The molecule has 3 heteroatoms. The molecule has 0 saturated carbocycles. The Morgan fingerprint density at radius 2 is 1.71 bits per heavy atom. The highest BCUT2D eigenvalue weighted by molar-refractivity contribution is 4.69. The van der Waals surface area contributed by atoms with Crippen molar-refractivity contribution in [2.75, 3.05) is 46.6 Å². The average Bonchev–Trinajstić information content (AvgIpc) is 2.22.